The second-order valence-corrected chi connectivity index (χ2v) is 4.32. The number of thiophene rings is 1. The Balaban J connectivity index is 2.30. The van der Waals surface area contributed by atoms with Gasteiger partial charge in [-0.2, -0.15) is 0 Å². The largest absolute Gasteiger partial charge is 0.369 e. The third-order valence-corrected chi connectivity index (χ3v) is 3.50. The van der Waals surface area contributed by atoms with Crippen LogP contribution in [-0.2, 0) is 18.0 Å². The van der Waals surface area contributed by atoms with Crippen molar-refractivity contribution in [3.63, 3.8) is 0 Å². The van der Waals surface area contributed by atoms with Gasteiger partial charge in [-0.1, -0.05) is 5.46 Å². The van der Waals surface area contributed by atoms with E-state index in [2.05, 4.69) is 10.2 Å². The van der Waals surface area contributed by atoms with Crippen LogP contribution in [-0.4, -0.2) is 22.6 Å². The predicted octanol–water partition coefficient (Wildman–Crippen LogP) is 0.461. The Morgan fingerprint density at radius 1 is 1.47 bits per heavy atom. The highest BCUT2D eigenvalue weighted by Crippen LogP contribution is 2.26. The summed E-state index contributed by atoms with van der Waals surface area (Å²) in [6, 6.07) is 0. The van der Waals surface area contributed by atoms with E-state index in [9.17, 15) is 0 Å². The van der Waals surface area contributed by atoms with Crippen LogP contribution in [0.1, 0.15) is 17.2 Å². The van der Waals surface area contributed by atoms with E-state index in [1.54, 1.807) is 11.3 Å². The van der Waals surface area contributed by atoms with Gasteiger partial charge in [0.25, 0.3) is 0 Å². The summed E-state index contributed by atoms with van der Waals surface area (Å²) in [5.41, 5.74) is 1.83. The van der Waals surface area contributed by atoms with Gasteiger partial charge in [0, 0.05) is 5.56 Å². The molecule has 3 heterocycles. The number of aryl methyl sites for hydroxylation is 1. The normalized spacial score (nSPS) is 14.5. The highest BCUT2D eigenvalue weighted by molar-refractivity contribution is 7.13. The number of rotatable bonds is 0. The minimum absolute atomic E-state index is 0.488. The molecule has 0 saturated heterocycles. The minimum Gasteiger partial charge on any atom is -0.369 e. The molecular formula is C9H8BN3OS. The van der Waals surface area contributed by atoms with Gasteiger partial charge in [0.05, 0.1) is 6.61 Å². The molecule has 2 aromatic heterocycles. The van der Waals surface area contributed by atoms with Crippen LogP contribution in [0.25, 0.3) is 5.00 Å². The third-order valence-electron chi connectivity index (χ3n) is 2.48. The fraction of sp³-hybridized carbons (Fsp3) is 0.333. The zero-order chi connectivity index (χ0) is 10.4. The lowest BCUT2D eigenvalue weighted by atomic mass is 9.95. The molecule has 2 aromatic rings. The van der Waals surface area contributed by atoms with Gasteiger partial charge in [0.2, 0.25) is 0 Å². The molecule has 1 aliphatic rings. The van der Waals surface area contributed by atoms with Crippen molar-refractivity contribution in [2.75, 3.05) is 0 Å². The molecule has 0 saturated carbocycles. The van der Waals surface area contributed by atoms with E-state index in [1.807, 2.05) is 16.9 Å². The van der Waals surface area contributed by atoms with Gasteiger partial charge in [0.1, 0.15) is 25.3 Å². The van der Waals surface area contributed by atoms with Crippen molar-refractivity contribution in [2.24, 2.45) is 0 Å². The molecule has 1 aliphatic heterocycles. The summed E-state index contributed by atoms with van der Waals surface area (Å²) in [4.78, 5) is 0. The smallest absolute Gasteiger partial charge is 0.164 e. The molecule has 74 valence electrons. The van der Waals surface area contributed by atoms with E-state index in [0.29, 0.717) is 13.2 Å². The van der Waals surface area contributed by atoms with Crippen LogP contribution in [0.2, 0.25) is 0 Å². The van der Waals surface area contributed by atoms with Crippen LogP contribution < -0.4 is 5.46 Å². The van der Waals surface area contributed by atoms with Gasteiger partial charge >= 0.3 is 0 Å². The van der Waals surface area contributed by atoms with E-state index in [0.717, 1.165) is 27.7 Å². The highest BCUT2D eigenvalue weighted by atomic mass is 32.1. The maximum absolute atomic E-state index is 5.88. The molecule has 0 amide bonds. The summed E-state index contributed by atoms with van der Waals surface area (Å²) in [6.07, 6.45) is 0. The van der Waals surface area contributed by atoms with Crippen LogP contribution in [0.15, 0.2) is 5.38 Å². The maximum Gasteiger partial charge on any atom is 0.164 e. The van der Waals surface area contributed by atoms with Gasteiger partial charge in [-0.05, 0) is 12.3 Å². The van der Waals surface area contributed by atoms with Crippen molar-refractivity contribution in [3.05, 3.63) is 22.6 Å². The Morgan fingerprint density at radius 3 is 3.20 bits per heavy atom. The molecule has 0 N–H and O–H groups in total. The van der Waals surface area contributed by atoms with Crippen molar-refractivity contribution in [2.45, 2.75) is 20.1 Å². The molecule has 0 aromatic carbocycles. The van der Waals surface area contributed by atoms with Gasteiger partial charge in [0.15, 0.2) is 5.82 Å². The van der Waals surface area contributed by atoms with Gasteiger partial charge < -0.3 is 4.74 Å². The molecule has 0 aliphatic carbocycles. The fourth-order valence-electron chi connectivity index (χ4n) is 1.73. The Kier molecular flexibility index (Phi) is 1.93. The Hall–Kier alpha value is -1.14. The lowest BCUT2D eigenvalue weighted by molar-refractivity contribution is 0.105. The van der Waals surface area contributed by atoms with E-state index >= 15 is 0 Å². The van der Waals surface area contributed by atoms with Gasteiger partial charge in [-0.25, -0.2) is 0 Å². The van der Waals surface area contributed by atoms with E-state index in [4.69, 9.17) is 12.6 Å². The molecule has 0 bridgehead atoms. The van der Waals surface area contributed by atoms with Crippen LogP contribution in [0.5, 0.6) is 0 Å². The zero-order valence-electron chi connectivity index (χ0n) is 8.23. The monoisotopic (exact) mass is 217 g/mol. The molecule has 3 rings (SSSR count). The summed E-state index contributed by atoms with van der Waals surface area (Å²) in [6.45, 7) is 2.97. The third kappa shape index (κ3) is 1.25. The number of fused-ring (bicyclic) bond motifs is 3. The van der Waals surface area contributed by atoms with Crippen LogP contribution >= 0.6 is 11.3 Å². The Morgan fingerprint density at radius 2 is 2.33 bits per heavy atom. The molecule has 0 fully saturated rings. The number of hydrogen-bond donors (Lipinski definition) is 0. The maximum atomic E-state index is 5.88. The first-order chi connectivity index (χ1) is 7.27. The average Bonchev–Trinajstić information content (AvgIpc) is 2.68. The van der Waals surface area contributed by atoms with Crippen molar-refractivity contribution >= 4 is 24.6 Å². The van der Waals surface area contributed by atoms with E-state index in [-0.39, 0.29) is 0 Å². The second kappa shape index (κ2) is 3.18. The van der Waals surface area contributed by atoms with E-state index < -0.39 is 0 Å². The molecule has 2 radical (unpaired) electrons. The number of ether oxygens (including phenoxy) is 1. The van der Waals surface area contributed by atoms with Crippen molar-refractivity contribution < 1.29 is 4.74 Å². The Bertz CT molecular complexity index is 519. The number of nitrogens with zero attached hydrogens (tertiary/aromatic N) is 3. The quantitative estimate of drug-likeness (QED) is 0.602. The standard InChI is InChI=1S/C9H8BN3OS/c1-5-11-12-8-3-14-2-6-7(10)4-15-9(6)13(5)8/h4H,2-3H2,1H3. The molecular weight excluding hydrogens is 209 g/mol. The van der Waals surface area contributed by atoms with Crippen LogP contribution in [0.4, 0.5) is 0 Å². The van der Waals surface area contributed by atoms with Crippen LogP contribution in [0.3, 0.4) is 0 Å². The summed E-state index contributed by atoms with van der Waals surface area (Å²) >= 11 is 1.60. The first-order valence-electron chi connectivity index (χ1n) is 4.62. The summed E-state index contributed by atoms with van der Waals surface area (Å²) in [5, 5.41) is 11.1. The van der Waals surface area contributed by atoms with Crippen LogP contribution in [0, 0.1) is 6.92 Å². The van der Waals surface area contributed by atoms with Gasteiger partial charge in [-0.15, -0.1) is 21.5 Å². The topological polar surface area (TPSA) is 39.9 Å². The van der Waals surface area contributed by atoms with Crippen molar-refractivity contribution in [1.29, 1.82) is 0 Å². The van der Waals surface area contributed by atoms with E-state index in [1.165, 1.54) is 0 Å². The lowest BCUT2D eigenvalue weighted by Crippen LogP contribution is -2.08. The molecule has 0 atom stereocenters. The van der Waals surface area contributed by atoms with Gasteiger partial charge in [-0.3, -0.25) is 4.57 Å². The summed E-state index contributed by atoms with van der Waals surface area (Å²) in [5.74, 6) is 1.71. The highest BCUT2D eigenvalue weighted by Gasteiger charge is 2.20. The number of hydrogen-bond acceptors (Lipinski definition) is 4. The minimum atomic E-state index is 0.488. The molecule has 0 spiro atoms. The zero-order valence-corrected chi connectivity index (χ0v) is 9.04. The van der Waals surface area contributed by atoms with Crippen molar-refractivity contribution in [3.8, 4) is 5.00 Å². The second-order valence-electron chi connectivity index (χ2n) is 3.47. The summed E-state index contributed by atoms with van der Waals surface area (Å²) < 4.78 is 7.52. The number of aromatic nitrogens is 3. The lowest BCUT2D eigenvalue weighted by Gasteiger charge is -2.03. The molecule has 15 heavy (non-hydrogen) atoms. The summed E-state index contributed by atoms with van der Waals surface area (Å²) in [7, 11) is 5.88. The first kappa shape index (κ1) is 9.12. The molecule has 4 nitrogen and oxygen atoms in total. The fourth-order valence-corrected chi connectivity index (χ4v) is 2.77. The Labute approximate surface area is 92.3 Å². The average molecular weight is 217 g/mol. The molecule has 6 heteroatoms. The van der Waals surface area contributed by atoms with Crippen molar-refractivity contribution in [1.82, 2.24) is 14.8 Å². The first-order valence-corrected chi connectivity index (χ1v) is 5.50. The SMILES string of the molecule is [B]c1csc2c1COCc1nnc(C)n1-2. The predicted molar refractivity (Wildman–Crippen MR) is 57.9 cm³/mol. The molecule has 0 unspecified atom stereocenters.